The van der Waals surface area contributed by atoms with Crippen molar-refractivity contribution in [1.82, 2.24) is 5.32 Å². The summed E-state index contributed by atoms with van der Waals surface area (Å²) in [5.74, 6) is -1.54. The Kier molecular flexibility index (Phi) is 7.23. The van der Waals surface area contributed by atoms with Crippen LogP contribution in [0.4, 0.5) is 0 Å². The second kappa shape index (κ2) is 10.7. The lowest BCUT2D eigenvalue weighted by Crippen LogP contribution is -2.32. The first-order chi connectivity index (χ1) is 16.5. The highest BCUT2D eigenvalue weighted by Gasteiger charge is 2.38. The van der Waals surface area contributed by atoms with Gasteiger partial charge in [0.2, 0.25) is 0 Å². The van der Waals surface area contributed by atoms with E-state index in [1.165, 1.54) is 0 Å². The monoisotopic (exact) mass is 453 g/mol. The van der Waals surface area contributed by atoms with Crippen molar-refractivity contribution in [3.63, 3.8) is 0 Å². The molecule has 0 bridgehead atoms. The van der Waals surface area contributed by atoms with Crippen LogP contribution in [0.25, 0.3) is 0 Å². The molecule has 0 spiro atoms. The van der Waals surface area contributed by atoms with E-state index in [4.69, 9.17) is 9.47 Å². The fourth-order valence-corrected chi connectivity index (χ4v) is 4.12. The van der Waals surface area contributed by atoms with Gasteiger partial charge in [-0.05, 0) is 30.5 Å². The van der Waals surface area contributed by atoms with E-state index in [1.807, 2.05) is 105 Å². The maximum Gasteiger partial charge on any atom is 0.337 e. The summed E-state index contributed by atoms with van der Waals surface area (Å²) in [6.07, 6.45) is 0. The molecule has 4 rings (SSSR count). The maximum atomic E-state index is 13.3. The Balaban J connectivity index is 1.63. The van der Waals surface area contributed by atoms with E-state index in [0.29, 0.717) is 22.5 Å². The minimum atomic E-state index is -0.603. The van der Waals surface area contributed by atoms with Crippen LogP contribution in [0.5, 0.6) is 0 Å². The Morgan fingerprint density at radius 3 is 1.44 bits per heavy atom. The average Bonchev–Trinajstić information content (AvgIpc) is 2.87. The van der Waals surface area contributed by atoms with Crippen LogP contribution >= 0.6 is 0 Å². The van der Waals surface area contributed by atoms with Crippen LogP contribution in [0.15, 0.2) is 114 Å². The number of allylic oxidation sites excluding steroid dienone is 2. The van der Waals surface area contributed by atoms with Crippen molar-refractivity contribution in [3.05, 3.63) is 130 Å². The molecule has 0 radical (unpaired) electrons. The summed E-state index contributed by atoms with van der Waals surface area (Å²) in [5.41, 5.74) is 4.72. The van der Waals surface area contributed by atoms with Crippen LogP contribution in [0.1, 0.15) is 36.5 Å². The Labute approximate surface area is 199 Å². The Bertz CT molecular complexity index is 1140. The fraction of sp³-hybridized carbons (Fsp3) is 0.172. The van der Waals surface area contributed by atoms with Crippen molar-refractivity contribution in [2.45, 2.75) is 33.0 Å². The van der Waals surface area contributed by atoms with E-state index in [1.54, 1.807) is 0 Å². The summed E-state index contributed by atoms with van der Waals surface area (Å²) in [6, 6.07) is 28.5. The van der Waals surface area contributed by atoms with Crippen LogP contribution in [-0.4, -0.2) is 11.9 Å². The van der Waals surface area contributed by atoms with Gasteiger partial charge in [-0.1, -0.05) is 91.0 Å². The molecule has 0 saturated heterocycles. The molecule has 0 unspecified atom stereocenters. The number of carbonyl (C=O) groups is 2. The smallest absolute Gasteiger partial charge is 0.337 e. The number of hydrogen-bond donors (Lipinski definition) is 1. The van der Waals surface area contributed by atoms with E-state index >= 15 is 0 Å². The Hall–Kier alpha value is -4.12. The third-order valence-electron chi connectivity index (χ3n) is 5.76. The number of dihydropyridines is 1. The van der Waals surface area contributed by atoms with Crippen molar-refractivity contribution in [1.29, 1.82) is 0 Å². The largest absolute Gasteiger partial charge is 0.457 e. The van der Waals surface area contributed by atoms with Crippen LogP contribution < -0.4 is 5.32 Å². The first-order valence-electron chi connectivity index (χ1n) is 11.2. The molecule has 172 valence electrons. The van der Waals surface area contributed by atoms with Crippen molar-refractivity contribution in [2.24, 2.45) is 0 Å². The molecule has 34 heavy (non-hydrogen) atoms. The zero-order chi connectivity index (χ0) is 23.9. The molecular formula is C29H27NO4. The highest BCUT2D eigenvalue weighted by Crippen LogP contribution is 2.39. The predicted molar refractivity (Wildman–Crippen MR) is 130 cm³/mol. The summed E-state index contributed by atoms with van der Waals surface area (Å²) in [6.45, 7) is 3.94. The quantitative estimate of drug-likeness (QED) is 0.485. The summed E-state index contributed by atoms with van der Waals surface area (Å²) in [7, 11) is 0. The predicted octanol–water partition coefficient (Wildman–Crippen LogP) is 5.41. The van der Waals surface area contributed by atoms with Gasteiger partial charge in [-0.2, -0.15) is 0 Å². The molecule has 0 aliphatic carbocycles. The topological polar surface area (TPSA) is 64.6 Å². The second-order valence-electron chi connectivity index (χ2n) is 8.17. The zero-order valence-corrected chi connectivity index (χ0v) is 19.3. The Morgan fingerprint density at radius 2 is 1.03 bits per heavy atom. The molecule has 5 nitrogen and oxygen atoms in total. The lowest BCUT2D eigenvalue weighted by molar-refractivity contribution is -0.141. The summed E-state index contributed by atoms with van der Waals surface area (Å²) >= 11 is 0. The van der Waals surface area contributed by atoms with E-state index < -0.39 is 17.9 Å². The molecule has 0 fully saturated rings. The van der Waals surface area contributed by atoms with Gasteiger partial charge in [-0.15, -0.1) is 0 Å². The van der Waals surface area contributed by atoms with Gasteiger partial charge >= 0.3 is 11.9 Å². The second-order valence-corrected chi connectivity index (χ2v) is 8.17. The number of hydrogen-bond acceptors (Lipinski definition) is 5. The maximum absolute atomic E-state index is 13.3. The molecule has 1 heterocycles. The lowest BCUT2D eigenvalue weighted by atomic mass is 9.80. The minimum Gasteiger partial charge on any atom is -0.457 e. The average molecular weight is 454 g/mol. The van der Waals surface area contributed by atoms with Crippen LogP contribution in [-0.2, 0) is 32.3 Å². The molecule has 0 saturated carbocycles. The molecule has 0 aromatic heterocycles. The molecule has 1 aliphatic heterocycles. The van der Waals surface area contributed by atoms with Crippen LogP contribution in [0, 0.1) is 0 Å². The van der Waals surface area contributed by atoms with Gasteiger partial charge in [-0.3, -0.25) is 0 Å². The lowest BCUT2D eigenvalue weighted by Gasteiger charge is -2.30. The molecule has 3 aromatic carbocycles. The molecule has 1 aliphatic rings. The van der Waals surface area contributed by atoms with Gasteiger partial charge in [0.25, 0.3) is 0 Å². The minimum absolute atomic E-state index is 0.147. The SMILES string of the molecule is CC1=C(C(=O)OCc2ccccc2)C(c2ccccc2)C(C(=O)OCc2ccccc2)=C(C)N1. The number of carbonyl (C=O) groups excluding carboxylic acids is 2. The summed E-state index contributed by atoms with van der Waals surface area (Å²) in [4.78, 5) is 26.6. The normalized spacial score (nSPS) is 13.9. The number of esters is 2. The van der Waals surface area contributed by atoms with E-state index in [2.05, 4.69) is 5.32 Å². The molecule has 1 N–H and O–H groups in total. The molecule has 0 amide bonds. The van der Waals surface area contributed by atoms with Crippen molar-refractivity contribution < 1.29 is 19.1 Å². The van der Waals surface area contributed by atoms with E-state index in [-0.39, 0.29) is 13.2 Å². The molecule has 5 heteroatoms. The fourth-order valence-electron chi connectivity index (χ4n) is 4.12. The summed E-state index contributed by atoms with van der Waals surface area (Å²) in [5, 5.41) is 3.19. The Morgan fingerprint density at radius 1 is 0.647 bits per heavy atom. The first-order valence-corrected chi connectivity index (χ1v) is 11.2. The standard InChI is InChI=1S/C29H27NO4/c1-20-25(28(31)33-18-22-12-6-3-7-13-22)27(24-16-10-5-11-17-24)26(21(2)30-20)29(32)34-19-23-14-8-4-9-15-23/h3-17,27,30H,18-19H2,1-2H3. The first kappa shape index (κ1) is 23.1. The molecular weight excluding hydrogens is 426 g/mol. The van der Waals surface area contributed by atoms with Crippen LogP contribution in [0.3, 0.4) is 0 Å². The van der Waals surface area contributed by atoms with Gasteiger partial charge < -0.3 is 14.8 Å². The third kappa shape index (κ3) is 5.26. The van der Waals surface area contributed by atoms with E-state index in [9.17, 15) is 9.59 Å². The molecule has 3 aromatic rings. The van der Waals surface area contributed by atoms with Gasteiger partial charge in [0.1, 0.15) is 13.2 Å². The van der Waals surface area contributed by atoms with Crippen LogP contribution in [0.2, 0.25) is 0 Å². The van der Waals surface area contributed by atoms with Crippen molar-refractivity contribution in [3.8, 4) is 0 Å². The number of benzene rings is 3. The van der Waals surface area contributed by atoms with Gasteiger partial charge in [-0.25, -0.2) is 9.59 Å². The number of nitrogens with one attached hydrogen (secondary N) is 1. The van der Waals surface area contributed by atoms with Gasteiger partial charge in [0.15, 0.2) is 0 Å². The summed E-state index contributed by atoms with van der Waals surface area (Å²) < 4.78 is 11.3. The number of ether oxygens (including phenoxy) is 2. The van der Waals surface area contributed by atoms with Gasteiger partial charge in [0.05, 0.1) is 17.1 Å². The third-order valence-corrected chi connectivity index (χ3v) is 5.76. The van der Waals surface area contributed by atoms with Gasteiger partial charge in [0, 0.05) is 11.4 Å². The highest BCUT2D eigenvalue weighted by atomic mass is 16.5. The van der Waals surface area contributed by atoms with E-state index in [0.717, 1.165) is 16.7 Å². The van der Waals surface area contributed by atoms with Crippen molar-refractivity contribution >= 4 is 11.9 Å². The number of rotatable bonds is 7. The molecule has 0 atom stereocenters. The zero-order valence-electron chi connectivity index (χ0n) is 19.3. The highest BCUT2D eigenvalue weighted by molar-refractivity contribution is 5.99. The van der Waals surface area contributed by atoms with Crippen molar-refractivity contribution in [2.75, 3.05) is 0 Å².